The third-order valence-electron chi connectivity index (χ3n) is 4.23. The molecule has 2 heterocycles. The van der Waals surface area contributed by atoms with Crippen LogP contribution in [0.5, 0.6) is 0 Å². The monoisotopic (exact) mass is 361 g/mol. The van der Waals surface area contributed by atoms with Crippen molar-refractivity contribution in [2.45, 2.75) is 25.5 Å². The third kappa shape index (κ3) is 3.87. The Labute approximate surface area is 143 Å². The Balaban J connectivity index is 1.95. The fourth-order valence-electron chi connectivity index (χ4n) is 2.98. The first-order valence-electron chi connectivity index (χ1n) is 7.55. The molecule has 8 heteroatoms. The molecule has 2 rings (SSSR count). The first-order chi connectivity index (χ1) is 10.9. The van der Waals surface area contributed by atoms with Crippen LogP contribution in [0.3, 0.4) is 0 Å². The van der Waals surface area contributed by atoms with Crippen LogP contribution in [0.2, 0.25) is 0 Å². The van der Waals surface area contributed by atoms with Gasteiger partial charge in [0, 0.05) is 24.2 Å². The van der Waals surface area contributed by atoms with Gasteiger partial charge in [0.05, 0.1) is 42.6 Å². The Bertz CT molecular complexity index is 508. The van der Waals surface area contributed by atoms with E-state index in [4.69, 9.17) is 4.74 Å². The summed E-state index contributed by atoms with van der Waals surface area (Å²) in [6, 6.07) is -0.230. The molecule has 0 aromatic carbocycles. The second-order valence-corrected chi connectivity index (χ2v) is 9.41. The van der Waals surface area contributed by atoms with Gasteiger partial charge in [0.25, 0.3) is 0 Å². The van der Waals surface area contributed by atoms with Gasteiger partial charge in [-0.3, -0.25) is 4.79 Å². The molecule has 0 aromatic rings. The van der Waals surface area contributed by atoms with Crippen molar-refractivity contribution < 1.29 is 24.5 Å². The maximum absolute atomic E-state index is 12.1. The van der Waals surface area contributed by atoms with E-state index in [1.807, 2.05) is 0 Å². The highest BCUT2D eigenvalue weighted by Crippen LogP contribution is 2.46. The van der Waals surface area contributed by atoms with E-state index < -0.39 is 18.0 Å². The number of ether oxygens (including phenoxy) is 1. The second kappa shape index (κ2) is 7.92. The summed E-state index contributed by atoms with van der Waals surface area (Å²) < 4.78 is 5.06. The molecule has 0 radical (unpaired) electrons. The largest absolute Gasteiger partial charge is 0.543 e. The van der Waals surface area contributed by atoms with E-state index in [9.17, 15) is 19.8 Å². The summed E-state index contributed by atoms with van der Waals surface area (Å²) in [5.74, 6) is 0.683. The van der Waals surface area contributed by atoms with Crippen molar-refractivity contribution >= 4 is 34.5 Å². The third-order valence-corrected chi connectivity index (χ3v) is 7.37. The van der Waals surface area contributed by atoms with Crippen LogP contribution in [0.4, 0.5) is 0 Å². The number of carbonyl (C=O) groups excluding carboxylic acids is 2. The molecule has 2 aliphatic heterocycles. The number of methoxy groups -OCH3 is 1. The number of aliphatic hydroxyl groups is 1. The van der Waals surface area contributed by atoms with Crippen molar-refractivity contribution in [3.63, 3.8) is 0 Å². The van der Waals surface area contributed by atoms with Crippen molar-refractivity contribution in [3.8, 4) is 0 Å². The minimum Gasteiger partial charge on any atom is -0.543 e. The number of thioether (sulfide) groups is 1. The molecule has 0 aliphatic carbocycles. The maximum Gasteiger partial charge on any atom is 0.235 e. The van der Waals surface area contributed by atoms with Crippen molar-refractivity contribution in [2.75, 3.05) is 37.2 Å². The number of nitrogens with zero attached hydrogens (tertiary/aromatic N) is 1. The fraction of sp³-hybridized carbons (Fsp3) is 0.733. The standard InChI is InChI=1S/C15H23NO5S2/c1-9(17)12-10-8-11(13(15(19)20)16(10)14(12)18)22-5-7-23(3)6-4-21-2/h9-10,12,17H,4-8H2,1-3H3/t9-,10?,12?,23?/m1/s1. The molecule has 2 aliphatic rings. The molecule has 4 atom stereocenters. The predicted octanol–water partition coefficient (Wildman–Crippen LogP) is -0.813. The number of aliphatic carboxylic acids is 1. The van der Waals surface area contributed by atoms with Gasteiger partial charge in [-0.2, -0.15) is 0 Å². The Morgan fingerprint density at radius 2 is 2.26 bits per heavy atom. The van der Waals surface area contributed by atoms with Gasteiger partial charge in [-0.25, -0.2) is 0 Å². The number of β-lactam (4-membered cyclic amide) rings is 1. The van der Waals surface area contributed by atoms with Gasteiger partial charge >= 0.3 is 0 Å². The first kappa shape index (κ1) is 18.6. The lowest BCUT2D eigenvalue weighted by atomic mass is 9.83. The normalized spacial score (nSPS) is 26.1. The number of amides is 1. The van der Waals surface area contributed by atoms with E-state index >= 15 is 0 Å². The minimum atomic E-state index is -1.30. The van der Waals surface area contributed by atoms with E-state index in [0.717, 1.165) is 23.9 Å². The average Bonchev–Trinajstić information content (AvgIpc) is 2.79. The number of hydrogen-bond donors (Lipinski definition) is 1. The lowest BCUT2D eigenvalue weighted by molar-refractivity contribution is -0.301. The van der Waals surface area contributed by atoms with Gasteiger partial charge in [0.1, 0.15) is 11.5 Å². The highest BCUT2D eigenvalue weighted by Gasteiger charge is 2.55. The number of carboxylic acid groups (broad SMARTS) is 1. The number of aliphatic hydroxyl groups excluding tert-OH is 1. The van der Waals surface area contributed by atoms with Crippen LogP contribution >= 0.6 is 11.8 Å². The number of carboxylic acids is 1. The Hall–Kier alpha value is -0.700. The lowest BCUT2D eigenvalue weighted by Gasteiger charge is -2.45. The highest BCUT2D eigenvalue weighted by atomic mass is 32.2. The molecular formula is C15H23NO5S2. The highest BCUT2D eigenvalue weighted by molar-refractivity contribution is 8.04. The molecule has 130 valence electrons. The molecule has 1 saturated heterocycles. The van der Waals surface area contributed by atoms with Gasteiger partial charge < -0.3 is 24.6 Å². The Morgan fingerprint density at radius 1 is 1.57 bits per heavy atom. The van der Waals surface area contributed by atoms with E-state index in [-0.39, 0.29) is 28.5 Å². The fourth-order valence-corrected chi connectivity index (χ4v) is 5.96. The Kier molecular flexibility index (Phi) is 6.41. The minimum absolute atomic E-state index is 0.00905. The molecule has 0 saturated carbocycles. The van der Waals surface area contributed by atoms with Crippen molar-refractivity contribution in [1.82, 2.24) is 4.90 Å². The van der Waals surface area contributed by atoms with Crippen LogP contribution < -0.4 is 5.11 Å². The average molecular weight is 361 g/mol. The van der Waals surface area contributed by atoms with E-state index in [2.05, 4.69) is 6.26 Å². The van der Waals surface area contributed by atoms with Crippen LogP contribution in [-0.4, -0.2) is 71.3 Å². The van der Waals surface area contributed by atoms with Crippen LogP contribution in [0.1, 0.15) is 13.3 Å². The molecular weight excluding hydrogens is 338 g/mol. The summed E-state index contributed by atoms with van der Waals surface area (Å²) in [4.78, 5) is 25.5. The SMILES string of the molecule is COCC[S+](C)CCSC1=C(C(=O)[O-])N2C(=O)C([C@@H](C)O)C2C1. The zero-order chi connectivity index (χ0) is 17.1. The number of fused-ring (bicyclic) bond motifs is 1. The molecule has 3 unspecified atom stereocenters. The van der Waals surface area contributed by atoms with Crippen molar-refractivity contribution in [2.24, 2.45) is 5.92 Å². The van der Waals surface area contributed by atoms with Crippen LogP contribution in [0, 0.1) is 5.92 Å². The van der Waals surface area contributed by atoms with Gasteiger partial charge in [-0.1, -0.05) is 0 Å². The molecule has 1 fully saturated rings. The van der Waals surface area contributed by atoms with Crippen molar-refractivity contribution in [3.05, 3.63) is 10.6 Å². The first-order valence-corrected chi connectivity index (χ1v) is 10.5. The van der Waals surface area contributed by atoms with Gasteiger partial charge in [0.15, 0.2) is 0 Å². The van der Waals surface area contributed by atoms with E-state index in [1.165, 1.54) is 16.7 Å². The summed E-state index contributed by atoms with van der Waals surface area (Å²) in [5.41, 5.74) is 0.00905. The summed E-state index contributed by atoms with van der Waals surface area (Å²) in [6.07, 6.45) is 1.92. The number of hydrogen-bond acceptors (Lipinski definition) is 6. The second-order valence-electron chi connectivity index (χ2n) is 5.84. The smallest absolute Gasteiger partial charge is 0.235 e. The molecule has 6 nitrogen and oxygen atoms in total. The lowest BCUT2D eigenvalue weighted by Crippen LogP contribution is -2.62. The van der Waals surface area contributed by atoms with Crippen molar-refractivity contribution in [1.29, 1.82) is 0 Å². The molecule has 1 amide bonds. The van der Waals surface area contributed by atoms with E-state index in [1.54, 1.807) is 14.0 Å². The molecule has 1 N–H and O–H groups in total. The summed E-state index contributed by atoms with van der Waals surface area (Å²) in [6.45, 7) is 2.31. The predicted molar refractivity (Wildman–Crippen MR) is 89.8 cm³/mol. The molecule has 0 bridgehead atoms. The van der Waals surface area contributed by atoms with E-state index in [0.29, 0.717) is 11.3 Å². The molecule has 23 heavy (non-hydrogen) atoms. The molecule has 0 spiro atoms. The summed E-state index contributed by atoms with van der Waals surface area (Å²) >= 11 is 1.49. The topological polar surface area (TPSA) is 89.9 Å². The maximum atomic E-state index is 12.1. The van der Waals surface area contributed by atoms with Crippen LogP contribution in [-0.2, 0) is 25.2 Å². The number of carbonyl (C=O) groups is 2. The van der Waals surface area contributed by atoms with Gasteiger partial charge in [-0.05, 0) is 17.8 Å². The number of rotatable bonds is 9. The van der Waals surface area contributed by atoms with Gasteiger partial charge in [0.2, 0.25) is 5.91 Å². The quantitative estimate of drug-likeness (QED) is 0.427. The zero-order valence-electron chi connectivity index (χ0n) is 13.6. The van der Waals surface area contributed by atoms with Gasteiger partial charge in [-0.15, -0.1) is 11.8 Å². The zero-order valence-corrected chi connectivity index (χ0v) is 15.2. The summed E-state index contributed by atoms with van der Waals surface area (Å²) in [5, 5.41) is 21.1. The molecule has 0 aromatic heterocycles. The summed E-state index contributed by atoms with van der Waals surface area (Å²) in [7, 11) is 1.91. The van der Waals surface area contributed by atoms with Crippen LogP contribution in [0.25, 0.3) is 0 Å². The van der Waals surface area contributed by atoms with Crippen LogP contribution in [0.15, 0.2) is 10.6 Å². The Morgan fingerprint density at radius 3 is 2.83 bits per heavy atom.